The third-order valence-corrected chi connectivity index (χ3v) is 3.58. The molecule has 0 aromatic carbocycles. The van der Waals surface area contributed by atoms with Crippen molar-refractivity contribution in [3.05, 3.63) is 0 Å². The molecular weight excluding hydrogens is 204 g/mol. The summed E-state index contributed by atoms with van der Waals surface area (Å²) in [7, 11) is 0. The molecule has 16 heavy (non-hydrogen) atoms. The Hall–Kier alpha value is -0.610. The van der Waals surface area contributed by atoms with Crippen molar-refractivity contribution in [2.45, 2.75) is 45.7 Å². The Labute approximate surface area is 98.0 Å². The van der Waals surface area contributed by atoms with Crippen molar-refractivity contribution in [1.82, 2.24) is 10.2 Å². The third-order valence-electron chi connectivity index (χ3n) is 3.58. The molecule has 3 unspecified atom stereocenters. The summed E-state index contributed by atoms with van der Waals surface area (Å²) in [5.74, 6) is -0.189. The van der Waals surface area contributed by atoms with Gasteiger partial charge in [-0.15, -0.1) is 0 Å². The molecule has 1 aliphatic rings. The fraction of sp³-hybridized carbons (Fsp3) is 0.917. The SMILES string of the molecule is CCN1CCCC(C(C)NC(C)C(=O)O)C1. The monoisotopic (exact) mass is 228 g/mol. The molecule has 1 rings (SSSR count). The lowest BCUT2D eigenvalue weighted by atomic mass is 9.91. The number of carboxylic acids is 1. The highest BCUT2D eigenvalue weighted by atomic mass is 16.4. The fourth-order valence-electron chi connectivity index (χ4n) is 2.39. The van der Waals surface area contributed by atoms with E-state index in [1.165, 1.54) is 19.4 Å². The van der Waals surface area contributed by atoms with Crippen LogP contribution in [0.5, 0.6) is 0 Å². The van der Waals surface area contributed by atoms with E-state index in [0.717, 1.165) is 13.1 Å². The Morgan fingerprint density at radius 3 is 2.81 bits per heavy atom. The number of likely N-dealkylation sites (tertiary alicyclic amines) is 1. The van der Waals surface area contributed by atoms with Crippen LogP contribution in [0.25, 0.3) is 0 Å². The Balaban J connectivity index is 2.40. The minimum atomic E-state index is -0.769. The summed E-state index contributed by atoms with van der Waals surface area (Å²) in [6.45, 7) is 9.37. The number of hydrogen-bond acceptors (Lipinski definition) is 3. The molecule has 0 amide bonds. The molecule has 1 heterocycles. The van der Waals surface area contributed by atoms with E-state index in [1.54, 1.807) is 6.92 Å². The van der Waals surface area contributed by atoms with Gasteiger partial charge in [0.25, 0.3) is 0 Å². The molecule has 4 nitrogen and oxygen atoms in total. The van der Waals surface area contributed by atoms with Crippen molar-refractivity contribution < 1.29 is 9.90 Å². The van der Waals surface area contributed by atoms with Gasteiger partial charge in [0.05, 0.1) is 0 Å². The van der Waals surface area contributed by atoms with Crippen LogP contribution in [-0.2, 0) is 4.79 Å². The minimum Gasteiger partial charge on any atom is -0.480 e. The zero-order chi connectivity index (χ0) is 12.1. The molecule has 0 aliphatic carbocycles. The van der Waals surface area contributed by atoms with E-state index in [1.807, 2.05) is 0 Å². The average molecular weight is 228 g/mol. The van der Waals surface area contributed by atoms with E-state index in [0.29, 0.717) is 5.92 Å². The molecule has 1 saturated heterocycles. The zero-order valence-corrected chi connectivity index (χ0v) is 10.6. The summed E-state index contributed by atoms with van der Waals surface area (Å²) >= 11 is 0. The Morgan fingerprint density at radius 1 is 1.56 bits per heavy atom. The van der Waals surface area contributed by atoms with Gasteiger partial charge < -0.3 is 15.3 Å². The lowest BCUT2D eigenvalue weighted by Gasteiger charge is -2.36. The average Bonchev–Trinajstić information content (AvgIpc) is 2.28. The van der Waals surface area contributed by atoms with Crippen LogP contribution in [0, 0.1) is 5.92 Å². The largest absolute Gasteiger partial charge is 0.480 e. The highest BCUT2D eigenvalue weighted by Gasteiger charge is 2.25. The minimum absolute atomic E-state index is 0.278. The van der Waals surface area contributed by atoms with Crippen LogP contribution in [0.3, 0.4) is 0 Å². The van der Waals surface area contributed by atoms with Gasteiger partial charge in [-0.25, -0.2) is 0 Å². The first-order chi connectivity index (χ1) is 7.54. The van der Waals surface area contributed by atoms with E-state index < -0.39 is 12.0 Å². The van der Waals surface area contributed by atoms with Crippen LogP contribution in [0.1, 0.15) is 33.6 Å². The third kappa shape index (κ3) is 3.76. The normalized spacial score (nSPS) is 26.3. The van der Waals surface area contributed by atoms with Gasteiger partial charge in [-0.1, -0.05) is 6.92 Å². The predicted octanol–water partition coefficient (Wildman–Crippen LogP) is 1.17. The summed E-state index contributed by atoms with van der Waals surface area (Å²) in [6.07, 6.45) is 2.43. The van der Waals surface area contributed by atoms with E-state index in [4.69, 9.17) is 5.11 Å². The molecule has 0 spiro atoms. The number of nitrogens with zero attached hydrogens (tertiary/aromatic N) is 1. The number of piperidine rings is 1. The van der Waals surface area contributed by atoms with E-state index in [9.17, 15) is 4.79 Å². The number of aliphatic carboxylic acids is 1. The first-order valence-electron chi connectivity index (χ1n) is 6.25. The van der Waals surface area contributed by atoms with E-state index in [-0.39, 0.29) is 6.04 Å². The highest BCUT2D eigenvalue weighted by Crippen LogP contribution is 2.19. The van der Waals surface area contributed by atoms with Crippen molar-refractivity contribution >= 4 is 5.97 Å². The zero-order valence-electron chi connectivity index (χ0n) is 10.6. The standard InChI is InChI=1S/C12H24N2O2/c1-4-14-7-5-6-11(8-14)9(2)13-10(3)12(15)16/h9-11,13H,4-8H2,1-3H3,(H,15,16). The molecule has 94 valence electrons. The molecule has 0 aromatic rings. The van der Waals surface area contributed by atoms with Crippen LogP contribution in [0.15, 0.2) is 0 Å². The van der Waals surface area contributed by atoms with Gasteiger partial charge in [-0.05, 0) is 45.7 Å². The van der Waals surface area contributed by atoms with Gasteiger partial charge in [-0.3, -0.25) is 4.79 Å². The number of carbonyl (C=O) groups is 1. The number of rotatable bonds is 5. The van der Waals surface area contributed by atoms with Crippen LogP contribution in [-0.4, -0.2) is 47.7 Å². The first kappa shape index (κ1) is 13.5. The summed E-state index contributed by atoms with van der Waals surface area (Å²) in [6, 6.07) is -0.174. The van der Waals surface area contributed by atoms with Crippen molar-refractivity contribution in [2.75, 3.05) is 19.6 Å². The molecule has 1 aliphatic heterocycles. The van der Waals surface area contributed by atoms with Gasteiger partial charge in [0, 0.05) is 12.6 Å². The molecule has 4 heteroatoms. The second-order valence-electron chi connectivity index (χ2n) is 4.81. The van der Waals surface area contributed by atoms with Gasteiger partial charge >= 0.3 is 5.97 Å². The summed E-state index contributed by atoms with van der Waals surface area (Å²) < 4.78 is 0. The summed E-state index contributed by atoms with van der Waals surface area (Å²) in [5.41, 5.74) is 0. The maximum atomic E-state index is 10.8. The van der Waals surface area contributed by atoms with Gasteiger partial charge in [-0.2, -0.15) is 0 Å². The summed E-state index contributed by atoms with van der Waals surface area (Å²) in [5, 5.41) is 12.0. The quantitative estimate of drug-likeness (QED) is 0.741. The molecule has 0 bridgehead atoms. The fourth-order valence-corrected chi connectivity index (χ4v) is 2.39. The van der Waals surface area contributed by atoms with Gasteiger partial charge in [0.1, 0.15) is 6.04 Å². The molecule has 1 fully saturated rings. The van der Waals surface area contributed by atoms with Gasteiger partial charge in [0.15, 0.2) is 0 Å². The molecular formula is C12H24N2O2. The topological polar surface area (TPSA) is 52.6 Å². The van der Waals surface area contributed by atoms with E-state index in [2.05, 4.69) is 24.1 Å². The highest BCUT2D eigenvalue weighted by molar-refractivity contribution is 5.72. The Morgan fingerprint density at radius 2 is 2.25 bits per heavy atom. The van der Waals surface area contributed by atoms with Crippen molar-refractivity contribution in [3.63, 3.8) is 0 Å². The lowest BCUT2D eigenvalue weighted by Crippen LogP contribution is -2.48. The van der Waals surface area contributed by atoms with E-state index >= 15 is 0 Å². The lowest BCUT2D eigenvalue weighted by molar-refractivity contribution is -0.139. The maximum absolute atomic E-state index is 10.8. The Bertz CT molecular complexity index is 233. The second-order valence-corrected chi connectivity index (χ2v) is 4.81. The van der Waals surface area contributed by atoms with Crippen molar-refractivity contribution in [1.29, 1.82) is 0 Å². The van der Waals surface area contributed by atoms with Crippen LogP contribution in [0.4, 0.5) is 0 Å². The van der Waals surface area contributed by atoms with Crippen molar-refractivity contribution in [3.8, 4) is 0 Å². The number of carboxylic acid groups (broad SMARTS) is 1. The predicted molar refractivity (Wildman–Crippen MR) is 64.5 cm³/mol. The number of nitrogens with one attached hydrogen (secondary N) is 1. The first-order valence-corrected chi connectivity index (χ1v) is 6.25. The molecule has 0 aromatic heterocycles. The molecule has 3 atom stereocenters. The molecule has 0 saturated carbocycles. The van der Waals surface area contributed by atoms with Gasteiger partial charge in [0.2, 0.25) is 0 Å². The van der Waals surface area contributed by atoms with Crippen LogP contribution in [0.2, 0.25) is 0 Å². The van der Waals surface area contributed by atoms with Crippen molar-refractivity contribution in [2.24, 2.45) is 5.92 Å². The summed E-state index contributed by atoms with van der Waals surface area (Å²) in [4.78, 5) is 13.2. The number of hydrogen-bond donors (Lipinski definition) is 2. The Kier molecular flexibility index (Phi) is 5.22. The second kappa shape index (κ2) is 6.21. The maximum Gasteiger partial charge on any atom is 0.320 e. The molecule has 0 radical (unpaired) electrons. The van der Waals surface area contributed by atoms with Crippen LogP contribution < -0.4 is 5.32 Å². The van der Waals surface area contributed by atoms with Crippen LogP contribution >= 0.6 is 0 Å². The smallest absolute Gasteiger partial charge is 0.320 e. The molecule has 2 N–H and O–H groups in total.